The van der Waals surface area contributed by atoms with Crippen molar-refractivity contribution in [1.82, 2.24) is 10.0 Å². The van der Waals surface area contributed by atoms with Gasteiger partial charge in [-0.3, -0.25) is 9.59 Å². The molecule has 0 bridgehead atoms. The fourth-order valence-electron chi connectivity index (χ4n) is 4.33. The van der Waals surface area contributed by atoms with E-state index in [1.807, 2.05) is 42.5 Å². The van der Waals surface area contributed by atoms with Gasteiger partial charge < -0.3 is 20.1 Å². The Hall–Kier alpha value is -3.89. The van der Waals surface area contributed by atoms with Crippen LogP contribution in [0.15, 0.2) is 71.6 Å². The summed E-state index contributed by atoms with van der Waals surface area (Å²) in [6, 6.07) is 19.6. The highest BCUT2D eigenvalue weighted by Crippen LogP contribution is 2.51. The van der Waals surface area contributed by atoms with E-state index in [0.717, 1.165) is 29.5 Å². The average Bonchev–Trinajstić information content (AvgIpc) is 3.57. The second-order valence-electron chi connectivity index (χ2n) is 9.09. The van der Waals surface area contributed by atoms with Gasteiger partial charge in [0, 0.05) is 25.7 Å². The Morgan fingerprint density at radius 2 is 1.65 bits per heavy atom. The maximum absolute atomic E-state index is 13.3. The number of fused-ring (bicyclic) bond motifs is 1. The molecule has 192 valence electrons. The molecule has 0 aromatic heterocycles. The van der Waals surface area contributed by atoms with Crippen molar-refractivity contribution in [3.05, 3.63) is 72.3 Å². The maximum atomic E-state index is 13.3. The van der Waals surface area contributed by atoms with Crippen LogP contribution in [0.3, 0.4) is 0 Å². The average molecular weight is 522 g/mol. The van der Waals surface area contributed by atoms with Crippen LogP contribution >= 0.6 is 0 Å². The van der Waals surface area contributed by atoms with Crippen LogP contribution in [-0.2, 0) is 25.0 Å². The molecule has 1 aliphatic heterocycles. The second-order valence-corrected chi connectivity index (χ2v) is 10.9. The second kappa shape index (κ2) is 9.87. The molecule has 0 atom stereocenters. The maximum Gasteiger partial charge on any atom is 0.240 e. The number of sulfonamides is 1. The first-order valence-electron chi connectivity index (χ1n) is 11.9. The summed E-state index contributed by atoms with van der Waals surface area (Å²) in [5.41, 5.74) is 2.64. The predicted molar refractivity (Wildman–Crippen MR) is 138 cm³/mol. The molecule has 1 fully saturated rings. The Bertz CT molecular complexity index is 1450. The van der Waals surface area contributed by atoms with Crippen molar-refractivity contribution in [1.29, 1.82) is 0 Å². The molecule has 2 aliphatic rings. The summed E-state index contributed by atoms with van der Waals surface area (Å²) in [6.45, 7) is 1.87. The van der Waals surface area contributed by atoms with Crippen molar-refractivity contribution in [2.45, 2.75) is 30.1 Å². The van der Waals surface area contributed by atoms with Crippen LogP contribution in [0.1, 0.15) is 25.3 Å². The Kier molecular flexibility index (Phi) is 6.61. The lowest BCUT2D eigenvalue weighted by atomic mass is 9.94. The van der Waals surface area contributed by atoms with Gasteiger partial charge >= 0.3 is 0 Å². The largest absolute Gasteiger partial charge is 0.454 e. The molecule has 3 N–H and O–H groups in total. The number of hydrogen-bond donors (Lipinski definition) is 3. The van der Waals surface area contributed by atoms with Gasteiger partial charge in [-0.1, -0.05) is 30.3 Å². The standard InChI is InChI=1S/C27H27N3O6S/c1-18(31)28-13-14-29-37(33,34)23-8-5-19(6-9-23)20-3-2-4-22(15-20)30-26(32)27(11-12-27)21-7-10-24-25(16-21)36-17-35-24/h2-10,15-16,29H,11-14,17H2,1H3,(H,28,31)(H,30,32). The van der Waals surface area contributed by atoms with E-state index in [0.29, 0.717) is 17.2 Å². The molecule has 1 aliphatic carbocycles. The van der Waals surface area contributed by atoms with E-state index < -0.39 is 15.4 Å². The monoisotopic (exact) mass is 521 g/mol. The molecule has 9 nitrogen and oxygen atoms in total. The van der Waals surface area contributed by atoms with Gasteiger partial charge in [0.2, 0.25) is 28.6 Å². The third kappa shape index (κ3) is 5.30. The first kappa shape index (κ1) is 24.8. The van der Waals surface area contributed by atoms with Gasteiger partial charge in [0.05, 0.1) is 10.3 Å². The first-order chi connectivity index (χ1) is 17.8. The number of carbonyl (C=O) groups excluding carboxylic acids is 2. The van der Waals surface area contributed by atoms with Crippen LogP contribution in [0.5, 0.6) is 11.5 Å². The smallest absolute Gasteiger partial charge is 0.240 e. The topological polar surface area (TPSA) is 123 Å². The molecule has 37 heavy (non-hydrogen) atoms. The third-order valence-corrected chi connectivity index (χ3v) is 8.00. The zero-order valence-electron chi connectivity index (χ0n) is 20.2. The van der Waals surface area contributed by atoms with Crippen molar-refractivity contribution in [3.63, 3.8) is 0 Å². The van der Waals surface area contributed by atoms with Gasteiger partial charge in [0.15, 0.2) is 11.5 Å². The van der Waals surface area contributed by atoms with Crippen LogP contribution < -0.4 is 24.8 Å². The van der Waals surface area contributed by atoms with Crippen molar-refractivity contribution >= 4 is 27.5 Å². The SMILES string of the molecule is CC(=O)NCCNS(=O)(=O)c1ccc(-c2cccc(NC(=O)C3(c4ccc5c(c4)OCO5)CC3)c2)cc1. The molecule has 5 rings (SSSR count). The number of anilines is 1. The lowest BCUT2D eigenvalue weighted by Crippen LogP contribution is -2.33. The molecular weight excluding hydrogens is 494 g/mol. The fourth-order valence-corrected chi connectivity index (χ4v) is 5.36. The van der Waals surface area contributed by atoms with Gasteiger partial charge in [0.1, 0.15) is 0 Å². The number of amides is 2. The van der Waals surface area contributed by atoms with Crippen LogP contribution in [0.4, 0.5) is 5.69 Å². The summed E-state index contributed by atoms with van der Waals surface area (Å²) in [5.74, 6) is 1.05. The van der Waals surface area contributed by atoms with E-state index in [-0.39, 0.29) is 36.6 Å². The zero-order chi connectivity index (χ0) is 26.0. The number of rotatable bonds is 9. The predicted octanol–water partition coefficient (Wildman–Crippen LogP) is 3.17. The Balaban J connectivity index is 1.26. The number of hydrogen-bond acceptors (Lipinski definition) is 6. The molecule has 3 aromatic carbocycles. The minimum Gasteiger partial charge on any atom is -0.454 e. The number of nitrogens with one attached hydrogen (secondary N) is 3. The highest BCUT2D eigenvalue weighted by molar-refractivity contribution is 7.89. The summed E-state index contributed by atoms with van der Waals surface area (Å²) < 4.78 is 38.3. The van der Waals surface area contributed by atoms with E-state index in [9.17, 15) is 18.0 Å². The van der Waals surface area contributed by atoms with E-state index in [1.54, 1.807) is 12.1 Å². The molecule has 0 spiro atoms. The van der Waals surface area contributed by atoms with Crippen molar-refractivity contribution in [2.24, 2.45) is 0 Å². The molecule has 3 aromatic rings. The molecular formula is C27H27N3O6S. The number of ether oxygens (including phenoxy) is 2. The lowest BCUT2D eigenvalue weighted by Gasteiger charge is -2.17. The summed E-state index contributed by atoms with van der Waals surface area (Å²) in [6.07, 6.45) is 1.51. The first-order valence-corrected chi connectivity index (χ1v) is 13.4. The third-order valence-electron chi connectivity index (χ3n) is 6.52. The van der Waals surface area contributed by atoms with Gasteiger partial charge in [0.25, 0.3) is 0 Å². The van der Waals surface area contributed by atoms with Gasteiger partial charge in [-0.2, -0.15) is 0 Å². The summed E-state index contributed by atoms with van der Waals surface area (Å²) in [5, 5.41) is 5.59. The molecule has 0 unspecified atom stereocenters. The van der Waals surface area contributed by atoms with Crippen LogP contribution in [0.2, 0.25) is 0 Å². The molecule has 2 amide bonds. The number of benzene rings is 3. The van der Waals surface area contributed by atoms with Crippen molar-refractivity contribution < 1.29 is 27.5 Å². The number of carbonyl (C=O) groups is 2. The van der Waals surface area contributed by atoms with Gasteiger partial charge in [-0.05, 0) is 65.9 Å². The Morgan fingerprint density at radius 1 is 0.892 bits per heavy atom. The van der Waals surface area contributed by atoms with Crippen molar-refractivity contribution in [2.75, 3.05) is 25.2 Å². The summed E-state index contributed by atoms with van der Waals surface area (Å²) >= 11 is 0. The molecule has 1 heterocycles. The van der Waals surface area contributed by atoms with Crippen LogP contribution in [-0.4, -0.2) is 40.1 Å². The summed E-state index contributed by atoms with van der Waals surface area (Å²) in [7, 11) is -3.70. The fraction of sp³-hybridized carbons (Fsp3) is 0.259. The normalized spacial score (nSPS) is 15.2. The van der Waals surface area contributed by atoms with Gasteiger partial charge in [-0.15, -0.1) is 0 Å². The summed E-state index contributed by atoms with van der Waals surface area (Å²) in [4.78, 5) is 24.3. The lowest BCUT2D eigenvalue weighted by molar-refractivity contribution is -0.119. The molecule has 0 saturated heterocycles. The van der Waals surface area contributed by atoms with Crippen molar-refractivity contribution in [3.8, 4) is 22.6 Å². The quantitative estimate of drug-likeness (QED) is 0.372. The molecule has 1 saturated carbocycles. The highest BCUT2D eigenvalue weighted by atomic mass is 32.2. The zero-order valence-corrected chi connectivity index (χ0v) is 21.1. The van der Waals surface area contributed by atoms with Crippen LogP contribution in [0.25, 0.3) is 11.1 Å². The molecule has 0 radical (unpaired) electrons. The minimum absolute atomic E-state index is 0.0738. The van der Waals surface area contributed by atoms with Crippen LogP contribution in [0, 0.1) is 0 Å². The van der Waals surface area contributed by atoms with E-state index in [1.165, 1.54) is 19.1 Å². The minimum atomic E-state index is -3.70. The van der Waals surface area contributed by atoms with Gasteiger partial charge in [-0.25, -0.2) is 13.1 Å². The highest BCUT2D eigenvalue weighted by Gasteiger charge is 2.51. The Labute approximate surface area is 215 Å². The van der Waals surface area contributed by atoms with E-state index in [4.69, 9.17) is 9.47 Å². The Morgan fingerprint density at radius 3 is 2.38 bits per heavy atom. The van der Waals surface area contributed by atoms with E-state index >= 15 is 0 Å². The molecule has 10 heteroatoms. The van der Waals surface area contributed by atoms with E-state index in [2.05, 4.69) is 15.4 Å².